The number of hydrogen-bond acceptors (Lipinski definition) is 0. The maximum atomic E-state index is 13.3. The summed E-state index contributed by atoms with van der Waals surface area (Å²) >= 11 is 2.17. The van der Waals surface area contributed by atoms with Crippen molar-refractivity contribution >= 4 is 22.6 Å². The van der Waals surface area contributed by atoms with Crippen LogP contribution in [0.3, 0.4) is 0 Å². The van der Waals surface area contributed by atoms with Gasteiger partial charge in [0.1, 0.15) is 5.82 Å². The Kier molecular flexibility index (Phi) is 2.52. The van der Waals surface area contributed by atoms with Crippen molar-refractivity contribution in [3.8, 4) is 0 Å². The third-order valence-corrected chi connectivity index (χ3v) is 3.11. The van der Waals surface area contributed by atoms with Crippen molar-refractivity contribution in [2.24, 2.45) is 7.05 Å². The number of aromatic nitrogens is 1. The van der Waals surface area contributed by atoms with Gasteiger partial charge in [-0.15, -0.1) is 0 Å². The van der Waals surface area contributed by atoms with Crippen LogP contribution in [0.25, 0.3) is 0 Å². The average molecular weight is 281 g/mol. The average Bonchev–Trinajstić information content (AvgIpc) is 2.05. The zero-order chi connectivity index (χ0) is 9.52. The van der Waals surface area contributed by atoms with Crippen molar-refractivity contribution in [1.82, 2.24) is 4.57 Å². The Labute approximate surface area is 86.1 Å². The summed E-state index contributed by atoms with van der Waals surface area (Å²) in [6.07, 6.45) is 1.53. The lowest BCUT2D eigenvalue weighted by atomic mass is 9.89. The van der Waals surface area contributed by atoms with Crippen LogP contribution in [0.5, 0.6) is 0 Å². The fourth-order valence-corrected chi connectivity index (χ4v) is 2.44. The molecule has 1 nitrogen and oxygen atoms in total. The lowest BCUT2D eigenvalue weighted by molar-refractivity contribution is 0.526. The molecule has 0 saturated carbocycles. The van der Waals surface area contributed by atoms with Crippen LogP contribution in [0.2, 0.25) is 0 Å². The highest BCUT2D eigenvalue weighted by Crippen LogP contribution is 2.30. The third kappa shape index (κ3) is 1.65. The molecule has 1 aromatic heterocycles. The summed E-state index contributed by atoms with van der Waals surface area (Å²) in [4.78, 5) is 0. The SMILES string of the molecule is Cn1cc(F)c(C(C)(C)C)c1I. The van der Waals surface area contributed by atoms with E-state index in [1.807, 2.05) is 32.4 Å². The molecular formula is C9H13FIN. The molecule has 0 aliphatic rings. The van der Waals surface area contributed by atoms with Crippen LogP contribution in [0.4, 0.5) is 4.39 Å². The Balaban J connectivity index is 3.32. The second-order valence-corrected chi connectivity index (χ2v) is 5.03. The third-order valence-electron chi connectivity index (χ3n) is 1.81. The van der Waals surface area contributed by atoms with Crippen molar-refractivity contribution in [3.63, 3.8) is 0 Å². The fourth-order valence-electron chi connectivity index (χ4n) is 1.23. The van der Waals surface area contributed by atoms with Crippen LogP contribution < -0.4 is 0 Å². The van der Waals surface area contributed by atoms with Gasteiger partial charge in [0, 0.05) is 18.8 Å². The van der Waals surface area contributed by atoms with E-state index in [1.54, 1.807) is 0 Å². The van der Waals surface area contributed by atoms with Gasteiger partial charge in [-0.1, -0.05) is 20.8 Å². The Morgan fingerprint density at radius 2 is 1.92 bits per heavy atom. The summed E-state index contributed by atoms with van der Waals surface area (Å²) in [5.41, 5.74) is 0.701. The van der Waals surface area contributed by atoms with Crippen LogP contribution in [0.15, 0.2) is 6.20 Å². The van der Waals surface area contributed by atoms with E-state index in [1.165, 1.54) is 6.20 Å². The van der Waals surface area contributed by atoms with Crippen LogP contribution in [-0.4, -0.2) is 4.57 Å². The van der Waals surface area contributed by atoms with Crippen LogP contribution in [-0.2, 0) is 12.5 Å². The highest BCUT2D eigenvalue weighted by Gasteiger charge is 2.24. The molecule has 68 valence electrons. The van der Waals surface area contributed by atoms with E-state index in [0.29, 0.717) is 0 Å². The summed E-state index contributed by atoms with van der Waals surface area (Å²) < 4.78 is 16.1. The smallest absolute Gasteiger partial charge is 0.145 e. The van der Waals surface area contributed by atoms with Crippen LogP contribution in [0, 0.1) is 9.52 Å². The Morgan fingerprint density at radius 1 is 1.42 bits per heavy atom. The standard InChI is InChI=1S/C9H13FIN/c1-9(2,3)7-6(10)5-12(4)8(7)11/h5H,1-4H3. The fraction of sp³-hybridized carbons (Fsp3) is 0.556. The van der Waals surface area contributed by atoms with E-state index >= 15 is 0 Å². The van der Waals surface area contributed by atoms with Gasteiger partial charge in [-0.2, -0.15) is 0 Å². The molecule has 0 amide bonds. The van der Waals surface area contributed by atoms with Gasteiger partial charge in [-0.3, -0.25) is 0 Å². The minimum atomic E-state index is -0.109. The maximum Gasteiger partial charge on any atom is 0.145 e. The molecule has 1 heterocycles. The van der Waals surface area contributed by atoms with Gasteiger partial charge in [0.25, 0.3) is 0 Å². The molecule has 0 radical (unpaired) electrons. The van der Waals surface area contributed by atoms with Crippen molar-refractivity contribution in [1.29, 1.82) is 0 Å². The van der Waals surface area contributed by atoms with Crippen molar-refractivity contribution in [2.45, 2.75) is 26.2 Å². The molecule has 0 atom stereocenters. The monoisotopic (exact) mass is 281 g/mol. The Morgan fingerprint density at radius 3 is 2.08 bits per heavy atom. The van der Waals surface area contributed by atoms with E-state index < -0.39 is 0 Å². The number of hydrogen-bond donors (Lipinski definition) is 0. The number of nitrogens with zero attached hydrogens (tertiary/aromatic N) is 1. The van der Waals surface area contributed by atoms with Crippen molar-refractivity contribution in [3.05, 3.63) is 21.3 Å². The molecule has 0 spiro atoms. The normalized spacial score (nSPS) is 12.2. The van der Waals surface area contributed by atoms with E-state index in [2.05, 4.69) is 22.6 Å². The quantitative estimate of drug-likeness (QED) is 0.644. The molecular weight excluding hydrogens is 268 g/mol. The summed E-state index contributed by atoms with van der Waals surface area (Å²) in [6, 6.07) is 0. The Hall–Kier alpha value is -0.0600. The van der Waals surface area contributed by atoms with E-state index in [0.717, 1.165) is 9.26 Å². The molecule has 0 N–H and O–H groups in total. The van der Waals surface area contributed by atoms with Gasteiger partial charge in [0.2, 0.25) is 0 Å². The largest absolute Gasteiger partial charge is 0.343 e. The summed E-state index contributed by atoms with van der Waals surface area (Å²) in [5.74, 6) is -0.102. The van der Waals surface area contributed by atoms with Gasteiger partial charge in [0.05, 0.1) is 3.70 Å². The van der Waals surface area contributed by atoms with Gasteiger partial charge < -0.3 is 4.57 Å². The Bertz CT molecular complexity index is 296. The molecule has 1 rings (SSSR count). The number of aryl methyl sites for hydroxylation is 1. The number of halogens is 2. The molecule has 0 fully saturated rings. The predicted molar refractivity (Wildman–Crippen MR) is 56.8 cm³/mol. The first-order valence-electron chi connectivity index (χ1n) is 3.85. The lowest BCUT2D eigenvalue weighted by Gasteiger charge is -2.18. The first kappa shape index (κ1) is 10.0. The topological polar surface area (TPSA) is 4.93 Å². The highest BCUT2D eigenvalue weighted by molar-refractivity contribution is 14.1. The van der Waals surface area contributed by atoms with Crippen LogP contribution in [0.1, 0.15) is 26.3 Å². The second kappa shape index (κ2) is 3.01. The lowest BCUT2D eigenvalue weighted by Crippen LogP contribution is -2.14. The first-order chi connectivity index (χ1) is 5.34. The van der Waals surface area contributed by atoms with E-state index in [-0.39, 0.29) is 11.2 Å². The highest BCUT2D eigenvalue weighted by atomic mass is 127. The molecule has 0 aromatic carbocycles. The molecule has 12 heavy (non-hydrogen) atoms. The van der Waals surface area contributed by atoms with Crippen LogP contribution >= 0.6 is 22.6 Å². The van der Waals surface area contributed by atoms with E-state index in [4.69, 9.17) is 0 Å². The molecule has 1 aromatic rings. The minimum absolute atomic E-state index is 0.102. The molecule has 3 heteroatoms. The maximum absolute atomic E-state index is 13.3. The van der Waals surface area contributed by atoms with Gasteiger partial charge in [-0.05, 0) is 28.0 Å². The van der Waals surface area contributed by atoms with E-state index in [9.17, 15) is 4.39 Å². The predicted octanol–water partition coefficient (Wildman–Crippen LogP) is 3.07. The first-order valence-corrected chi connectivity index (χ1v) is 4.92. The summed E-state index contributed by atoms with van der Waals surface area (Å²) in [7, 11) is 1.86. The van der Waals surface area contributed by atoms with Gasteiger partial charge in [-0.25, -0.2) is 4.39 Å². The van der Waals surface area contributed by atoms with Crippen molar-refractivity contribution in [2.75, 3.05) is 0 Å². The summed E-state index contributed by atoms with van der Waals surface area (Å²) in [6.45, 7) is 6.06. The molecule has 0 bridgehead atoms. The zero-order valence-corrected chi connectivity index (χ0v) is 9.94. The van der Waals surface area contributed by atoms with Crippen molar-refractivity contribution < 1.29 is 4.39 Å². The molecule has 0 unspecified atom stereocenters. The molecule has 0 saturated heterocycles. The zero-order valence-electron chi connectivity index (χ0n) is 7.78. The molecule has 0 aliphatic heterocycles. The van der Waals surface area contributed by atoms with Gasteiger partial charge in [0.15, 0.2) is 0 Å². The number of rotatable bonds is 0. The minimum Gasteiger partial charge on any atom is -0.343 e. The van der Waals surface area contributed by atoms with Gasteiger partial charge >= 0.3 is 0 Å². The second-order valence-electron chi connectivity index (χ2n) is 4.00. The molecule has 0 aliphatic carbocycles. The summed E-state index contributed by atoms with van der Waals surface area (Å²) in [5, 5.41) is 0.